The van der Waals surface area contributed by atoms with Gasteiger partial charge in [-0.15, -0.1) is 0 Å². The summed E-state index contributed by atoms with van der Waals surface area (Å²) in [5.41, 5.74) is 2.07. The predicted molar refractivity (Wildman–Crippen MR) is 137 cm³/mol. The van der Waals surface area contributed by atoms with Gasteiger partial charge in [-0.05, 0) is 30.3 Å². The van der Waals surface area contributed by atoms with Crippen molar-refractivity contribution in [3.05, 3.63) is 54.2 Å². The minimum absolute atomic E-state index is 0. The molecule has 2 aliphatic rings. The Morgan fingerprint density at radius 1 is 1.19 bits per heavy atom. The van der Waals surface area contributed by atoms with Crippen LogP contribution in [-0.4, -0.2) is 80.2 Å². The van der Waals surface area contributed by atoms with Crippen molar-refractivity contribution in [3.63, 3.8) is 0 Å². The van der Waals surface area contributed by atoms with Crippen molar-refractivity contribution in [2.75, 3.05) is 42.6 Å². The summed E-state index contributed by atoms with van der Waals surface area (Å²) in [4.78, 5) is 43.5. The van der Waals surface area contributed by atoms with Gasteiger partial charge in [0.25, 0.3) is 5.91 Å². The summed E-state index contributed by atoms with van der Waals surface area (Å²) in [5.74, 6) is -0.0484. The lowest BCUT2D eigenvalue weighted by atomic mass is 10.1. The molecule has 196 valence electrons. The predicted octanol–water partition coefficient (Wildman–Crippen LogP) is 2.44. The molecular formula is C25H28FN5O5S. The van der Waals surface area contributed by atoms with Gasteiger partial charge >= 0.3 is 6.09 Å². The summed E-state index contributed by atoms with van der Waals surface area (Å²) < 4.78 is 33.6. The van der Waals surface area contributed by atoms with E-state index in [-0.39, 0.29) is 38.0 Å². The molecule has 1 atom stereocenters. The lowest BCUT2D eigenvalue weighted by Gasteiger charge is -2.25. The van der Waals surface area contributed by atoms with Gasteiger partial charge in [0.2, 0.25) is 5.91 Å². The molecule has 0 saturated carbocycles. The molecule has 2 fully saturated rings. The largest absolute Gasteiger partial charge is 0.442 e. The molecule has 0 unspecified atom stereocenters. The first-order valence-electron chi connectivity index (χ1n) is 11.4. The first-order chi connectivity index (χ1) is 17.3. The lowest BCUT2D eigenvalue weighted by molar-refractivity contribution is -0.119. The number of fused-ring (bicyclic) bond motifs is 1. The SMILES string of the molecule is C.CC(=O)NC[C@H]1CN(c2ccc(-c3ccc4nc(C(=O)N5CCS(=O)CC5)cn4c3)c(F)c2)C(=O)O1. The molecule has 2 saturated heterocycles. The van der Waals surface area contributed by atoms with Crippen molar-refractivity contribution < 1.29 is 27.7 Å². The van der Waals surface area contributed by atoms with Gasteiger partial charge in [0.05, 0.1) is 18.8 Å². The maximum atomic E-state index is 15.1. The van der Waals surface area contributed by atoms with Crippen molar-refractivity contribution in [2.24, 2.45) is 0 Å². The maximum Gasteiger partial charge on any atom is 0.414 e. The van der Waals surface area contributed by atoms with E-state index in [1.165, 1.54) is 17.9 Å². The second kappa shape index (κ2) is 10.7. The fourth-order valence-corrected chi connectivity index (χ4v) is 5.31. The highest BCUT2D eigenvalue weighted by molar-refractivity contribution is 7.85. The summed E-state index contributed by atoms with van der Waals surface area (Å²) in [6.07, 6.45) is 2.18. The normalized spacial score (nSPS) is 18.0. The number of imidazole rings is 1. The van der Waals surface area contributed by atoms with Crippen LogP contribution in [0.25, 0.3) is 16.8 Å². The van der Waals surface area contributed by atoms with Crippen LogP contribution in [0.15, 0.2) is 42.7 Å². The number of amides is 3. The summed E-state index contributed by atoms with van der Waals surface area (Å²) in [6, 6.07) is 7.90. The van der Waals surface area contributed by atoms with E-state index in [2.05, 4.69) is 10.3 Å². The van der Waals surface area contributed by atoms with Gasteiger partial charge < -0.3 is 19.4 Å². The van der Waals surface area contributed by atoms with Gasteiger partial charge in [0.15, 0.2) is 0 Å². The monoisotopic (exact) mass is 529 g/mol. The third-order valence-corrected chi connectivity index (χ3v) is 7.44. The van der Waals surface area contributed by atoms with E-state index in [0.717, 1.165) is 0 Å². The first kappa shape index (κ1) is 26.3. The number of anilines is 1. The van der Waals surface area contributed by atoms with Gasteiger partial charge in [-0.1, -0.05) is 7.43 Å². The number of nitrogens with one attached hydrogen (secondary N) is 1. The van der Waals surface area contributed by atoms with Crippen LogP contribution in [0, 0.1) is 5.82 Å². The molecule has 4 heterocycles. The van der Waals surface area contributed by atoms with E-state index >= 15 is 4.39 Å². The Morgan fingerprint density at radius 2 is 1.95 bits per heavy atom. The standard InChI is InChI=1S/C24H24FN5O5S.CH4/c1-15(31)26-11-18-13-30(24(33)35-18)17-3-4-19(20(25)10-17)16-2-5-22-27-21(14-29(22)12-16)23(32)28-6-8-36(34)9-7-28;/h2-5,10,12,14,18H,6-9,11,13H2,1H3,(H,26,31);1H4/t18-;/m0./s1. The number of aromatic nitrogens is 2. The molecular weight excluding hydrogens is 501 g/mol. The summed E-state index contributed by atoms with van der Waals surface area (Å²) in [6.45, 7) is 2.62. The quantitative estimate of drug-likeness (QED) is 0.543. The Morgan fingerprint density at radius 3 is 2.65 bits per heavy atom. The second-order valence-corrected chi connectivity index (χ2v) is 10.4. The number of rotatable bonds is 5. The van der Waals surface area contributed by atoms with Crippen LogP contribution < -0.4 is 10.2 Å². The van der Waals surface area contributed by atoms with Gasteiger partial charge in [-0.3, -0.25) is 18.7 Å². The number of hydrogen-bond donors (Lipinski definition) is 1. The Labute approximate surface area is 215 Å². The topological polar surface area (TPSA) is 113 Å². The fourth-order valence-electron chi connectivity index (χ4n) is 4.26. The van der Waals surface area contributed by atoms with Crippen LogP contribution in [0.5, 0.6) is 0 Å². The number of cyclic esters (lactones) is 1. The molecule has 1 aromatic carbocycles. The molecule has 2 aliphatic heterocycles. The minimum atomic E-state index is -0.883. The highest BCUT2D eigenvalue weighted by Crippen LogP contribution is 2.29. The van der Waals surface area contributed by atoms with Crippen LogP contribution >= 0.6 is 0 Å². The van der Waals surface area contributed by atoms with Crippen LogP contribution in [-0.2, 0) is 20.3 Å². The van der Waals surface area contributed by atoms with Crippen molar-refractivity contribution in [2.45, 2.75) is 20.5 Å². The third-order valence-electron chi connectivity index (χ3n) is 6.16. The Kier molecular flexibility index (Phi) is 7.58. The molecule has 5 rings (SSSR count). The number of carbonyl (C=O) groups excluding carboxylic acids is 3. The van der Waals surface area contributed by atoms with Crippen LogP contribution in [0.1, 0.15) is 24.8 Å². The number of halogens is 1. The van der Waals surface area contributed by atoms with E-state index in [0.29, 0.717) is 47.1 Å². The minimum Gasteiger partial charge on any atom is -0.442 e. The Hall–Kier alpha value is -3.80. The molecule has 2 aromatic heterocycles. The highest BCUT2D eigenvalue weighted by atomic mass is 32.2. The average molecular weight is 530 g/mol. The number of ether oxygens (including phenoxy) is 1. The van der Waals surface area contributed by atoms with E-state index in [1.807, 2.05) is 0 Å². The maximum absolute atomic E-state index is 15.1. The third kappa shape index (κ3) is 5.48. The fraction of sp³-hybridized carbons (Fsp3) is 0.360. The molecule has 37 heavy (non-hydrogen) atoms. The molecule has 0 aliphatic carbocycles. The molecule has 12 heteroatoms. The van der Waals surface area contributed by atoms with E-state index < -0.39 is 28.8 Å². The van der Waals surface area contributed by atoms with E-state index in [9.17, 15) is 18.6 Å². The van der Waals surface area contributed by atoms with Gasteiger partial charge in [-0.25, -0.2) is 14.2 Å². The molecule has 1 N–H and O–H groups in total. The van der Waals surface area contributed by atoms with Gasteiger partial charge in [0.1, 0.15) is 23.3 Å². The van der Waals surface area contributed by atoms with Crippen molar-refractivity contribution in [3.8, 4) is 11.1 Å². The number of nitrogens with zero attached hydrogens (tertiary/aromatic N) is 4. The highest BCUT2D eigenvalue weighted by Gasteiger charge is 2.32. The molecule has 0 bridgehead atoms. The molecule has 0 radical (unpaired) electrons. The van der Waals surface area contributed by atoms with Crippen LogP contribution in [0.3, 0.4) is 0 Å². The Bertz CT molecular complexity index is 1380. The summed E-state index contributed by atoms with van der Waals surface area (Å²) >= 11 is 0. The second-order valence-electron chi connectivity index (χ2n) is 8.67. The van der Waals surface area contributed by atoms with Crippen molar-refractivity contribution >= 4 is 40.0 Å². The van der Waals surface area contributed by atoms with Gasteiger partial charge in [-0.2, -0.15) is 0 Å². The average Bonchev–Trinajstić information content (AvgIpc) is 3.45. The number of hydrogen-bond acceptors (Lipinski definition) is 6. The molecule has 10 nitrogen and oxygen atoms in total. The van der Waals surface area contributed by atoms with Crippen molar-refractivity contribution in [1.82, 2.24) is 19.6 Å². The molecule has 3 aromatic rings. The zero-order valence-electron chi connectivity index (χ0n) is 19.5. The van der Waals surface area contributed by atoms with Crippen LogP contribution in [0.4, 0.5) is 14.9 Å². The molecule has 3 amide bonds. The zero-order valence-corrected chi connectivity index (χ0v) is 20.3. The van der Waals surface area contributed by atoms with Gasteiger partial charge in [0, 0.05) is 65.8 Å². The first-order valence-corrected chi connectivity index (χ1v) is 12.9. The van der Waals surface area contributed by atoms with E-state index in [4.69, 9.17) is 4.74 Å². The van der Waals surface area contributed by atoms with E-state index in [1.54, 1.807) is 46.0 Å². The lowest BCUT2D eigenvalue weighted by Crippen LogP contribution is -2.41. The smallest absolute Gasteiger partial charge is 0.414 e. The number of carbonyl (C=O) groups is 3. The number of benzene rings is 1. The molecule has 0 spiro atoms. The summed E-state index contributed by atoms with van der Waals surface area (Å²) in [7, 11) is -0.883. The Balaban J connectivity index is 0.00000320. The zero-order chi connectivity index (χ0) is 25.4. The summed E-state index contributed by atoms with van der Waals surface area (Å²) in [5, 5.41) is 2.61. The number of pyridine rings is 1. The van der Waals surface area contributed by atoms with Crippen LogP contribution in [0.2, 0.25) is 0 Å². The van der Waals surface area contributed by atoms with Crippen molar-refractivity contribution in [1.29, 1.82) is 0 Å².